The molecule has 1 N–H and O–H groups in total. The van der Waals surface area contributed by atoms with E-state index in [0.717, 1.165) is 23.4 Å². The van der Waals surface area contributed by atoms with E-state index in [0.29, 0.717) is 0 Å². The molecule has 0 spiro atoms. The molecule has 0 bridgehead atoms. The average molecular weight is 294 g/mol. The van der Waals surface area contributed by atoms with Crippen molar-refractivity contribution in [3.05, 3.63) is 29.8 Å². The quantitative estimate of drug-likeness (QED) is 0.670. The minimum atomic E-state index is 0. The minimum absolute atomic E-state index is 0. The summed E-state index contributed by atoms with van der Waals surface area (Å²) in [6.07, 6.45) is 1.12. The van der Waals surface area contributed by atoms with E-state index in [9.17, 15) is 0 Å². The number of nitrogens with one attached hydrogen (secondary N) is 1. The van der Waals surface area contributed by atoms with Gasteiger partial charge in [0.05, 0.1) is 0 Å². The third-order valence-electron chi connectivity index (χ3n) is 2.09. The molecule has 1 aliphatic rings. The predicted octanol–water partition coefficient (Wildman–Crippen LogP) is 2.70. The van der Waals surface area contributed by atoms with Crippen LogP contribution in [0.25, 0.3) is 0 Å². The summed E-state index contributed by atoms with van der Waals surface area (Å²) in [5.41, 5.74) is 6.53. The summed E-state index contributed by atoms with van der Waals surface area (Å²) in [6.45, 7) is 2.03. The monoisotopic (exact) mass is 294 g/mol. The van der Waals surface area contributed by atoms with E-state index in [2.05, 4.69) is 16.6 Å². The van der Waals surface area contributed by atoms with Gasteiger partial charge in [-0.25, -0.2) is 0 Å². The van der Waals surface area contributed by atoms with Gasteiger partial charge in [-0.3, -0.25) is 0 Å². The fourth-order valence-electron chi connectivity index (χ4n) is 1.34. The number of anilines is 1. The summed E-state index contributed by atoms with van der Waals surface area (Å²) in [6, 6.07) is 9.06. The van der Waals surface area contributed by atoms with Gasteiger partial charge < -0.3 is 5.43 Å². The van der Waals surface area contributed by atoms with Gasteiger partial charge in [-0.2, -0.15) is 34.6 Å². The van der Waals surface area contributed by atoms with Crippen LogP contribution in [0, 0.1) is 13.0 Å². The maximum Gasteiger partial charge on any atom is 0.0488 e. The zero-order valence-corrected chi connectivity index (χ0v) is 12.4. The van der Waals surface area contributed by atoms with Crippen molar-refractivity contribution in [1.82, 2.24) is 0 Å². The van der Waals surface area contributed by atoms with Crippen LogP contribution in [0.1, 0.15) is 12.0 Å². The van der Waals surface area contributed by atoms with Gasteiger partial charge in [0.1, 0.15) is 0 Å². The molecule has 2 nitrogen and oxygen atoms in total. The molecular weight excluding hydrogens is 281 g/mol. The molecular formula is C11H13N2SY-. The number of aryl methyl sites for hydroxylation is 1. The van der Waals surface area contributed by atoms with E-state index in [1.807, 2.05) is 36.9 Å². The number of nitrogens with zero attached hydrogens (tertiary/aromatic N) is 1. The van der Waals surface area contributed by atoms with Crippen molar-refractivity contribution in [1.29, 1.82) is 0 Å². The summed E-state index contributed by atoms with van der Waals surface area (Å²) in [4.78, 5) is 0. The van der Waals surface area contributed by atoms with Gasteiger partial charge in [-0.05, 0) is 12.2 Å². The molecule has 0 unspecified atom stereocenters. The number of hydrazone groups is 1. The van der Waals surface area contributed by atoms with Crippen LogP contribution in [0.2, 0.25) is 0 Å². The van der Waals surface area contributed by atoms with E-state index in [4.69, 9.17) is 0 Å². The first-order valence-corrected chi connectivity index (χ1v) is 5.87. The molecule has 0 atom stereocenters. The number of thioether (sulfide) groups is 1. The Kier molecular flexibility index (Phi) is 5.87. The zero-order valence-electron chi connectivity index (χ0n) is 8.79. The standard InChI is InChI=1S/C11H13N2S.Y/c1-9-3-2-4-10(7-9)12-13-11-5-6-14-8-11;/h2,4,7,12H,5-6,8H2,1H3;/q-1;/b13-11-;. The van der Waals surface area contributed by atoms with Crippen molar-refractivity contribution in [2.75, 3.05) is 16.9 Å². The van der Waals surface area contributed by atoms with Crippen LogP contribution in [0.4, 0.5) is 5.69 Å². The maximum atomic E-state index is 4.37. The van der Waals surface area contributed by atoms with E-state index in [1.165, 1.54) is 11.5 Å². The first-order valence-electron chi connectivity index (χ1n) is 4.72. The largest absolute Gasteiger partial charge is 0.303 e. The molecule has 4 heteroatoms. The average Bonchev–Trinajstić information content (AvgIpc) is 2.67. The Bertz CT molecular complexity index is 344. The minimum Gasteiger partial charge on any atom is -0.303 e. The van der Waals surface area contributed by atoms with E-state index in [-0.39, 0.29) is 32.7 Å². The molecule has 1 aromatic carbocycles. The molecule has 15 heavy (non-hydrogen) atoms. The molecule has 0 aromatic heterocycles. The van der Waals surface area contributed by atoms with Gasteiger partial charge in [0.15, 0.2) is 0 Å². The second-order valence-electron chi connectivity index (χ2n) is 3.35. The van der Waals surface area contributed by atoms with Crippen LogP contribution in [0.15, 0.2) is 23.3 Å². The SMILES string of the molecule is Cc1[c-]ccc(N/N=C2/CCSC2)c1.[Y]. The topological polar surface area (TPSA) is 24.4 Å². The molecule has 0 amide bonds. The van der Waals surface area contributed by atoms with E-state index in [1.54, 1.807) is 0 Å². The van der Waals surface area contributed by atoms with Gasteiger partial charge in [-0.1, -0.05) is 12.6 Å². The molecule has 1 fully saturated rings. The predicted molar refractivity (Wildman–Crippen MR) is 63.0 cm³/mol. The second kappa shape index (κ2) is 6.67. The van der Waals surface area contributed by atoms with Crippen LogP contribution >= 0.6 is 11.8 Å². The van der Waals surface area contributed by atoms with Crippen molar-refractivity contribution in [2.24, 2.45) is 5.10 Å². The first-order chi connectivity index (χ1) is 6.84. The fraction of sp³-hybridized carbons (Fsp3) is 0.364. The molecule has 77 valence electrons. The van der Waals surface area contributed by atoms with Gasteiger partial charge in [-0.15, -0.1) is 12.1 Å². The smallest absolute Gasteiger partial charge is 0.0488 e. The van der Waals surface area contributed by atoms with Crippen molar-refractivity contribution in [2.45, 2.75) is 13.3 Å². The number of hydrogen-bond donors (Lipinski definition) is 1. The van der Waals surface area contributed by atoms with Crippen molar-refractivity contribution in [3.63, 3.8) is 0 Å². The molecule has 1 saturated heterocycles. The van der Waals surface area contributed by atoms with Crippen LogP contribution < -0.4 is 5.43 Å². The van der Waals surface area contributed by atoms with Crippen LogP contribution in [0.3, 0.4) is 0 Å². The Morgan fingerprint density at radius 3 is 3.07 bits per heavy atom. The zero-order chi connectivity index (χ0) is 9.80. The molecule has 1 aliphatic heterocycles. The second-order valence-corrected chi connectivity index (χ2v) is 4.46. The van der Waals surface area contributed by atoms with Crippen LogP contribution in [-0.4, -0.2) is 17.2 Å². The number of hydrogen-bond acceptors (Lipinski definition) is 3. The molecule has 1 heterocycles. The fourth-order valence-corrected chi connectivity index (χ4v) is 2.31. The van der Waals surface area contributed by atoms with Gasteiger partial charge in [0.2, 0.25) is 0 Å². The van der Waals surface area contributed by atoms with Crippen LogP contribution in [0.5, 0.6) is 0 Å². The van der Waals surface area contributed by atoms with Gasteiger partial charge in [0.25, 0.3) is 0 Å². The van der Waals surface area contributed by atoms with Crippen molar-refractivity contribution in [3.8, 4) is 0 Å². The van der Waals surface area contributed by atoms with E-state index >= 15 is 0 Å². The summed E-state index contributed by atoms with van der Waals surface area (Å²) < 4.78 is 0. The number of benzene rings is 1. The summed E-state index contributed by atoms with van der Waals surface area (Å²) in [7, 11) is 0. The Labute approximate surface area is 120 Å². The third kappa shape index (κ3) is 4.25. The molecule has 2 rings (SSSR count). The molecule has 0 aliphatic carbocycles. The van der Waals surface area contributed by atoms with Crippen LogP contribution in [-0.2, 0) is 32.7 Å². The molecule has 1 radical (unpaired) electrons. The Morgan fingerprint density at radius 2 is 2.40 bits per heavy atom. The maximum absolute atomic E-state index is 4.37. The summed E-state index contributed by atoms with van der Waals surface area (Å²) in [5, 5.41) is 4.37. The van der Waals surface area contributed by atoms with Crippen molar-refractivity contribution >= 4 is 23.2 Å². The first kappa shape index (κ1) is 13.2. The molecule has 0 saturated carbocycles. The summed E-state index contributed by atoms with van der Waals surface area (Å²) in [5.74, 6) is 2.28. The summed E-state index contributed by atoms with van der Waals surface area (Å²) >= 11 is 1.94. The van der Waals surface area contributed by atoms with Gasteiger partial charge in [0, 0.05) is 44.2 Å². The van der Waals surface area contributed by atoms with E-state index < -0.39 is 0 Å². The Morgan fingerprint density at radius 1 is 1.53 bits per heavy atom. The normalized spacial score (nSPS) is 17.5. The Balaban J connectivity index is 0.00000112. The Hall–Kier alpha value is 0.144. The van der Waals surface area contributed by atoms with Crippen molar-refractivity contribution < 1.29 is 32.7 Å². The molecule has 1 aromatic rings. The third-order valence-corrected chi connectivity index (χ3v) is 3.12. The van der Waals surface area contributed by atoms with Gasteiger partial charge >= 0.3 is 0 Å². The number of rotatable bonds is 2.